The summed E-state index contributed by atoms with van der Waals surface area (Å²) in [6.45, 7) is 6.62. The van der Waals surface area contributed by atoms with Crippen molar-refractivity contribution < 1.29 is 19.7 Å². The number of aliphatic hydroxyl groups excluding tert-OH is 2. The summed E-state index contributed by atoms with van der Waals surface area (Å²) in [5.41, 5.74) is 1.13. The molecule has 21 heavy (non-hydrogen) atoms. The summed E-state index contributed by atoms with van der Waals surface area (Å²) in [7, 11) is 1.63. The Balaban J connectivity index is 2.45. The van der Waals surface area contributed by atoms with Crippen molar-refractivity contribution in [3.05, 3.63) is 35.9 Å². The quantitative estimate of drug-likeness (QED) is 0.733. The molecule has 0 bridgehead atoms. The lowest BCUT2D eigenvalue weighted by molar-refractivity contribution is -0.0855. The number of rotatable bonds is 9. The van der Waals surface area contributed by atoms with Gasteiger partial charge in [0.2, 0.25) is 0 Å². The van der Waals surface area contributed by atoms with Crippen LogP contribution in [-0.4, -0.2) is 42.2 Å². The van der Waals surface area contributed by atoms with Gasteiger partial charge in [-0.3, -0.25) is 0 Å². The number of aliphatic hydroxyl groups is 2. The van der Waals surface area contributed by atoms with Crippen molar-refractivity contribution in [2.45, 2.75) is 45.7 Å². The molecule has 0 fully saturated rings. The van der Waals surface area contributed by atoms with Gasteiger partial charge in [-0.15, -0.1) is 0 Å². The first-order valence-electron chi connectivity index (χ1n) is 7.48. The largest absolute Gasteiger partial charge is 0.391 e. The van der Waals surface area contributed by atoms with E-state index in [1.165, 1.54) is 0 Å². The molecular weight excluding hydrogens is 268 g/mol. The molecule has 0 aliphatic carbocycles. The predicted octanol–water partition coefficient (Wildman–Crippen LogP) is 2.23. The highest BCUT2D eigenvalue weighted by molar-refractivity contribution is 5.13. The zero-order valence-electron chi connectivity index (χ0n) is 13.4. The zero-order chi connectivity index (χ0) is 15.8. The number of benzene rings is 1. The molecule has 2 N–H and O–H groups in total. The summed E-state index contributed by atoms with van der Waals surface area (Å²) < 4.78 is 11.2. The van der Waals surface area contributed by atoms with Gasteiger partial charge in [-0.2, -0.15) is 0 Å². The van der Waals surface area contributed by atoms with Crippen LogP contribution in [0.25, 0.3) is 0 Å². The molecule has 0 saturated carbocycles. The molecule has 0 radical (unpaired) electrons. The Bertz CT molecular complexity index is 380. The monoisotopic (exact) mass is 296 g/mol. The van der Waals surface area contributed by atoms with Crippen LogP contribution in [0.5, 0.6) is 0 Å². The van der Waals surface area contributed by atoms with E-state index >= 15 is 0 Å². The van der Waals surface area contributed by atoms with Gasteiger partial charge in [0.1, 0.15) is 0 Å². The molecule has 5 atom stereocenters. The van der Waals surface area contributed by atoms with Gasteiger partial charge in [-0.1, -0.05) is 44.2 Å². The van der Waals surface area contributed by atoms with Gasteiger partial charge in [0.25, 0.3) is 0 Å². The van der Waals surface area contributed by atoms with Gasteiger partial charge < -0.3 is 19.7 Å². The van der Waals surface area contributed by atoms with E-state index in [0.717, 1.165) is 5.56 Å². The first-order chi connectivity index (χ1) is 9.97. The predicted molar refractivity (Wildman–Crippen MR) is 82.9 cm³/mol. The molecular formula is C17H28O4. The Morgan fingerprint density at radius 1 is 1.05 bits per heavy atom. The van der Waals surface area contributed by atoms with Crippen molar-refractivity contribution in [2.75, 3.05) is 13.7 Å². The second-order valence-electron chi connectivity index (χ2n) is 5.77. The topological polar surface area (TPSA) is 58.9 Å². The van der Waals surface area contributed by atoms with Crippen LogP contribution < -0.4 is 0 Å². The molecule has 120 valence electrons. The minimum atomic E-state index is -0.800. The molecule has 1 rings (SSSR count). The molecule has 0 aromatic heterocycles. The summed E-state index contributed by atoms with van der Waals surface area (Å²) in [6, 6.07) is 10.0. The molecule has 0 heterocycles. The van der Waals surface area contributed by atoms with Crippen LogP contribution in [-0.2, 0) is 16.1 Å². The third-order valence-corrected chi connectivity index (χ3v) is 3.88. The van der Waals surface area contributed by atoms with E-state index in [4.69, 9.17) is 9.47 Å². The second kappa shape index (κ2) is 9.15. The Morgan fingerprint density at radius 3 is 2.19 bits per heavy atom. The third-order valence-electron chi connectivity index (χ3n) is 3.88. The van der Waals surface area contributed by atoms with Crippen molar-refractivity contribution in [1.82, 2.24) is 0 Å². The van der Waals surface area contributed by atoms with Gasteiger partial charge in [0.05, 0.1) is 31.5 Å². The molecule has 0 aliphatic rings. The Kier molecular flexibility index (Phi) is 7.89. The summed E-state index contributed by atoms with van der Waals surface area (Å²) in [4.78, 5) is 0. The van der Waals surface area contributed by atoms with E-state index in [0.29, 0.717) is 13.2 Å². The lowest BCUT2D eigenvalue weighted by Crippen LogP contribution is -2.41. The van der Waals surface area contributed by atoms with E-state index in [9.17, 15) is 10.2 Å². The number of hydrogen-bond acceptors (Lipinski definition) is 4. The zero-order valence-corrected chi connectivity index (χ0v) is 13.4. The Labute approximate surface area is 127 Å². The molecule has 5 unspecified atom stereocenters. The molecule has 0 amide bonds. The number of methoxy groups -OCH3 is 1. The number of ether oxygens (including phenoxy) is 2. The maximum atomic E-state index is 9.98. The van der Waals surface area contributed by atoms with Gasteiger partial charge >= 0.3 is 0 Å². The van der Waals surface area contributed by atoms with Crippen molar-refractivity contribution in [3.63, 3.8) is 0 Å². The van der Waals surface area contributed by atoms with Gasteiger partial charge in [-0.25, -0.2) is 0 Å². The molecule has 0 spiro atoms. The standard InChI is InChI=1S/C17H28O4/c1-12(10-21-11-15-8-6-5-7-9-15)17(20-4)13(2)16(19)14(3)18/h5-9,12-14,16-19H,10-11H2,1-4H3. The second-order valence-corrected chi connectivity index (χ2v) is 5.77. The Morgan fingerprint density at radius 2 is 1.67 bits per heavy atom. The first-order valence-corrected chi connectivity index (χ1v) is 7.48. The van der Waals surface area contributed by atoms with E-state index < -0.39 is 12.2 Å². The van der Waals surface area contributed by atoms with Crippen LogP contribution in [0, 0.1) is 11.8 Å². The van der Waals surface area contributed by atoms with Gasteiger partial charge in [0, 0.05) is 18.9 Å². The molecule has 0 saturated heterocycles. The van der Waals surface area contributed by atoms with Crippen LogP contribution in [0.1, 0.15) is 26.3 Å². The first kappa shape index (κ1) is 18.1. The van der Waals surface area contributed by atoms with E-state index in [1.54, 1.807) is 14.0 Å². The maximum absolute atomic E-state index is 9.98. The minimum Gasteiger partial charge on any atom is -0.391 e. The average Bonchev–Trinajstić information content (AvgIpc) is 2.48. The number of hydrogen-bond donors (Lipinski definition) is 2. The smallest absolute Gasteiger partial charge is 0.0846 e. The molecule has 0 aliphatic heterocycles. The van der Waals surface area contributed by atoms with Crippen LogP contribution in [0.15, 0.2) is 30.3 Å². The fourth-order valence-corrected chi connectivity index (χ4v) is 2.63. The molecule has 1 aromatic carbocycles. The molecule has 1 aromatic rings. The summed E-state index contributed by atoms with van der Waals surface area (Å²) >= 11 is 0. The average molecular weight is 296 g/mol. The lowest BCUT2D eigenvalue weighted by Gasteiger charge is -2.32. The third kappa shape index (κ3) is 5.75. The highest BCUT2D eigenvalue weighted by Crippen LogP contribution is 2.22. The summed E-state index contributed by atoms with van der Waals surface area (Å²) in [6.07, 6.45) is -1.73. The van der Waals surface area contributed by atoms with Crippen molar-refractivity contribution in [2.24, 2.45) is 11.8 Å². The molecule has 4 heteroatoms. The van der Waals surface area contributed by atoms with E-state index in [2.05, 4.69) is 0 Å². The van der Waals surface area contributed by atoms with Crippen molar-refractivity contribution >= 4 is 0 Å². The highest BCUT2D eigenvalue weighted by Gasteiger charge is 2.31. The summed E-state index contributed by atoms with van der Waals surface area (Å²) in [5, 5.41) is 19.5. The van der Waals surface area contributed by atoms with Crippen molar-refractivity contribution in [3.8, 4) is 0 Å². The van der Waals surface area contributed by atoms with Crippen molar-refractivity contribution in [1.29, 1.82) is 0 Å². The normalized spacial score (nSPS) is 18.8. The van der Waals surface area contributed by atoms with Gasteiger partial charge in [-0.05, 0) is 12.5 Å². The SMILES string of the molecule is COC(C(C)COCc1ccccc1)C(C)C(O)C(C)O. The van der Waals surface area contributed by atoms with E-state index in [1.807, 2.05) is 44.2 Å². The fourth-order valence-electron chi connectivity index (χ4n) is 2.63. The Hall–Kier alpha value is -0.940. The molecule has 4 nitrogen and oxygen atoms in total. The summed E-state index contributed by atoms with van der Waals surface area (Å²) in [5.74, 6) is -0.0348. The van der Waals surface area contributed by atoms with Gasteiger partial charge in [0.15, 0.2) is 0 Å². The van der Waals surface area contributed by atoms with Crippen LogP contribution in [0.4, 0.5) is 0 Å². The van der Waals surface area contributed by atoms with Crippen LogP contribution >= 0.6 is 0 Å². The fraction of sp³-hybridized carbons (Fsp3) is 0.647. The maximum Gasteiger partial charge on any atom is 0.0846 e. The van der Waals surface area contributed by atoms with Crippen LogP contribution in [0.3, 0.4) is 0 Å². The minimum absolute atomic E-state index is 0.127. The lowest BCUT2D eigenvalue weighted by atomic mass is 9.87. The highest BCUT2D eigenvalue weighted by atomic mass is 16.5. The van der Waals surface area contributed by atoms with E-state index in [-0.39, 0.29) is 17.9 Å². The van der Waals surface area contributed by atoms with Crippen LogP contribution in [0.2, 0.25) is 0 Å².